The Morgan fingerprint density at radius 2 is 1.62 bits per heavy atom. The summed E-state index contributed by atoms with van der Waals surface area (Å²) in [5, 5.41) is 1.49. The summed E-state index contributed by atoms with van der Waals surface area (Å²) in [6, 6.07) is 10.9. The van der Waals surface area contributed by atoms with E-state index in [1.807, 2.05) is 0 Å². The van der Waals surface area contributed by atoms with Gasteiger partial charge in [0.25, 0.3) is 0 Å². The van der Waals surface area contributed by atoms with E-state index >= 15 is 0 Å². The first-order valence-electron chi connectivity index (χ1n) is 8.49. The van der Waals surface area contributed by atoms with E-state index in [2.05, 4.69) is 68.7 Å². The third kappa shape index (κ3) is 7.47. The van der Waals surface area contributed by atoms with Gasteiger partial charge in [0.15, 0.2) is 0 Å². The van der Waals surface area contributed by atoms with Crippen LogP contribution in [0.5, 0.6) is 0 Å². The Balaban J connectivity index is 2.33. The van der Waals surface area contributed by atoms with E-state index in [-0.39, 0.29) is 0 Å². The molecule has 1 rings (SSSR count). The molecule has 0 spiro atoms. The molecule has 0 unspecified atom stereocenters. The molecule has 0 aliphatic heterocycles. The predicted molar refractivity (Wildman–Crippen MR) is 99.8 cm³/mol. The fourth-order valence-electron chi connectivity index (χ4n) is 2.51. The van der Waals surface area contributed by atoms with E-state index in [0.717, 1.165) is 6.42 Å². The minimum atomic E-state index is -1.45. The molecule has 0 nitrogen and oxygen atoms in total. The van der Waals surface area contributed by atoms with Crippen molar-refractivity contribution in [1.29, 1.82) is 0 Å². The second kappa shape index (κ2) is 9.78. The molecular weight excluding hydrogens is 268 g/mol. The molecule has 0 fully saturated rings. The van der Waals surface area contributed by atoms with Crippen molar-refractivity contribution in [2.45, 2.75) is 65.0 Å². The van der Waals surface area contributed by atoms with Crippen molar-refractivity contribution in [3.63, 3.8) is 0 Å². The van der Waals surface area contributed by atoms with Crippen LogP contribution in [0.2, 0.25) is 13.1 Å². The fourth-order valence-corrected chi connectivity index (χ4v) is 4.40. The molecule has 0 aromatic heterocycles. The molecule has 1 heteroatoms. The predicted octanol–water partition coefficient (Wildman–Crippen LogP) is 6.00. The van der Waals surface area contributed by atoms with E-state index in [1.165, 1.54) is 49.3 Å². The van der Waals surface area contributed by atoms with Crippen molar-refractivity contribution in [3.05, 3.63) is 54.3 Å². The van der Waals surface area contributed by atoms with Gasteiger partial charge in [0.1, 0.15) is 8.07 Å². The smallest absolute Gasteiger partial charge is 0.0959 e. The zero-order valence-electron chi connectivity index (χ0n) is 14.2. The van der Waals surface area contributed by atoms with Crippen molar-refractivity contribution in [2.75, 3.05) is 0 Å². The van der Waals surface area contributed by atoms with Crippen LogP contribution in [0.4, 0.5) is 0 Å². The first kappa shape index (κ1) is 18.0. The number of hydrogen-bond acceptors (Lipinski definition) is 0. The van der Waals surface area contributed by atoms with Gasteiger partial charge in [0.2, 0.25) is 0 Å². The van der Waals surface area contributed by atoms with Gasteiger partial charge in [-0.15, -0.1) is 0 Å². The number of hydrogen-bond donors (Lipinski definition) is 0. The quantitative estimate of drug-likeness (QED) is 0.282. The summed E-state index contributed by atoms with van der Waals surface area (Å²) in [4.78, 5) is 0. The van der Waals surface area contributed by atoms with Crippen LogP contribution in [0.1, 0.15) is 51.9 Å². The summed E-state index contributed by atoms with van der Waals surface area (Å²) in [5.41, 5.74) is 3.73. The second-order valence-electron chi connectivity index (χ2n) is 6.60. The summed E-state index contributed by atoms with van der Waals surface area (Å²) in [5.74, 6) is 0. The van der Waals surface area contributed by atoms with Crippen LogP contribution in [0, 0.1) is 0 Å². The highest BCUT2D eigenvalue weighted by atomic mass is 28.3. The maximum atomic E-state index is 4.22. The van der Waals surface area contributed by atoms with Crippen LogP contribution < -0.4 is 5.19 Å². The van der Waals surface area contributed by atoms with Gasteiger partial charge in [-0.3, -0.25) is 0 Å². The van der Waals surface area contributed by atoms with Crippen molar-refractivity contribution in [1.82, 2.24) is 0 Å². The Morgan fingerprint density at radius 3 is 2.29 bits per heavy atom. The molecule has 116 valence electrons. The topological polar surface area (TPSA) is 0 Å². The molecule has 0 aliphatic carbocycles. The van der Waals surface area contributed by atoms with Crippen LogP contribution in [-0.2, 0) is 0 Å². The molecule has 0 N–H and O–H groups in total. The molecule has 0 radical (unpaired) electrons. The Labute approximate surface area is 133 Å². The summed E-state index contributed by atoms with van der Waals surface area (Å²) < 4.78 is 0. The minimum Gasteiger partial charge on any atom is -0.0959 e. The standard InChI is InChI=1S/C20H32Si/c1-5-6-7-8-9-11-14-19(2)17-18-21(3,4)20-15-12-10-13-16-20/h10,12-13,15-18H,2,5-9,11,14H2,1,3-4H3/b18-17-. The van der Waals surface area contributed by atoms with Crippen LogP contribution in [-0.4, -0.2) is 8.07 Å². The molecule has 0 amide bonds. The largest absolute Gasteiger partial charge is 0.104 e. The monoisotopic (exact) mass is 300 g/mol. The Kier molecular flexibility index (Phi) is 8.37. The van der Waals surface area contributed by atoms with E-state index in [4.69, 9.17) is 0 Å². The van der Waals surface area contributed by atoms with Gasteiger partial charge >= 0.3 is 0 Å². The molecule has 1 aromatic rings. The average molecular weight is 301 g/mol. The SMILES string of the molecule is C=C(/C=C\[Si](C)(C)c1ccccc1)CCCCCCCC. The summed E-state index contributed by atoms with van der Waals surface area (Å²) >= 11 is 0. The van der Waals surface area contributed by atoms with Gasteiger partial charge in [-0.25, -0.2) is 0 Å². The normalized spacial score (nSPS) is 12.0. The molecule has 0 saturated carbocycles. The number of unbranched alkanes of at least 4 members (excludes halogenated alkanes) is 5. The highest BCUT2D eigenvalue weighted by molar-refractivity contribution is 6.93. The van der Waals surface area contributed by atoms with Crippen molar-refractivity contribution < 1.29 is 0 Å². The summed E-state index contributed by atoms with van der Waals surface area (Å²) in [6.07, 6.45) is 11.6. The lowest BCUT2D eigenvalue weighted by molar-refractivity contribution is 0.608. The van der Waals surface area contributed by atoms with E-state index in [9.17, 15) is 0 Å². The lowest BCUT2D eigenvalue weighted by atomic mass is 10.1. The van der Waals surface area contributed by atoms with Crippen molar-refractivity contribution >= 4 is 13.3 Å². The van der Waals surface area contributed by atoms with E-state index in [0.29, 0.717) is 0 Å². The first-order valence-corrected chi connectivity index (χ1v) is 11.6. The lowest BCUT2D eigenvalue weighted by Crippen LogP contribution is -2.39. The van der Waals surface area contributed by atoms with Gasteiger partial charge in [-0.1, -0.05) is 112 Å². The Hall–Kier alpha value is -1.08. The molecular formula is C20H32Si. The third-order valence-electron chi connectivity index (χ3n) is 4.10. The maximum absolute atomic E-state index is 4.22. The molecule has 21 heavy (non-hydrogen) atoms. The van der Waals surface area contributed by atoms with E-state index in [1.54, 1.807) is 0 Å². The van der Waals surface area contributed by atoms with E-state index < -0.39 is 8.07 Å². The van der Waals surface area contributed by atoms with Crippen molar-refractivity contribution in [3.8, 4) is 0 Å². The van der Waals surface area contributed by atoms with Crippen LogP contribution >= 0.6 is 0 Å². The highest BCUT2D eigenvalue weighted by Crippen LogP contribution is 2.13. The van der Waals surface area contributed by atoms with Gasteiger partial charge in [0.05, 0.1) is 0 Å². The minimum absolute atomic E-state index is 1.15. The maximum Gasteiger partial charge on any atom is 0.104 e. The van der Waals surface area contributed by atoms with Gasteiger partial charge in [-0.2, -0.15) is 0 Å². The third-order valence-corrected chi connectivity index (χ3v) is 6.93. The van der Waals surface area contributed by atoms with Crippen LogP contribution in [0.25, 0.3) is 0 Å². The molecule has 0 bridgehead atoms. The molecule has 0 heterocycles. The molecule has 1 aromatic carbocycles. The zero-order valence-corrected chi connectivity index (χ0v) is 15.2. The molecule has 0 aliphatic rings. The van der Waals surface area contributed by atoms with Crippen LogP contribution in [0.3, 0.4) is 0 Å². The van der Waals surface area contributed by atoms with Crippen molar-refractivity contribution in [2.24, 2.45) is 0 Å². The van der Waals surface area contributed by atoms with Crippen LogP contribution in [0.15, 0.2) is 54.3 Å². The summed E-state index contributed by atoms with van der Waals surface area (Å²) in [6.45, 7) is 11.3. The first-order chi connectivity index (χ1) is 10.1. The number of allylic oxidation sites excluding steroid dienone is 2. The Bertz CT molecular complexity index is 428. The van der Waals surface area contributed by atoms with Gasteiger partial charge in [-0.05, 0) is 12.8 Å². The highest BCUT2D eigenvalue weighted by Gasteiger charge is 2.18. The zero-order chi connectivity index (χ0) is 15.6. The Morgan fingerprint density at radius 1 is 1.00 bits per heavy atom. The van der Waals surface area contributed by atoms with Gasteiger partial charge < -0.3 is 0 Å². The van der Waals surface area contributed by atoms with Gasteiger partial charge in [0, 0.05) is 0 Å². The summed E-state index contributed by atoms with van der Waals surface area (Å²) in [7, 11) is -1.45. The average Bonchev–Trinajstić information content (AvgIpc) is 2.50. The number of rotatable bonds is 10. The fraction of sp³-hybridized carbons (Fsp3) is 0.500. The second-order valence-corrected chi connectivity index (χ2v) is 11.0. The molecule has 0 atom stereocenters. The molecule has 0 saturated heterocycles. The lowest BCUT2D eigenvalue weighted by Gasteiger charge is -2.18. The number of benzene rings is 1.